The molecule has 0 saturated heterocycles. The Balaban J connectivity index is 2.27. The Morgan fingerprint density at radius 2 is 2.31 bits per heavy atom. The second kappa shape index (κ2) is 3.86. The van der Waals surface area contributed by atoms with E-state index in [1.165, 1.54) is 4.68 Å². The van der Waals surface area contributed by atoms with Gasteiger partial charge in [0.15, 0.2) is 0 Å². The molecule has 1 atom stereocenters. The maximum Gasteiger partial charge on any atom is 0.313 e. The Bertz CT molecular complexity index is 423. The van der Waals surface area contributed by atoms with Crippen molar-refractivity contribution < 1.29 is 10.0 Å². The first-order valence-electron chi connectivity index (χ1n) is 5.35. The standard InChI is InChI=1S/C10H15N3O3/c1-6-10(13(15)16)8(12(2)11-6)5-9(14)7-3-4-7/h7,9,14H,3-5H2,1-2H3. The lowest BCUT2D eigenvalue weighted by molar-refractivity contribution is -0.386. The maximum atomic E-state index is 10.9. The summed E-state index contributed by atoms with van der Waals surface area (Å²) in [5.41, 5.74) is 0.967. The van der Waals surface area contributed by atoms with Gasteiger partial charge < -0.3 is 5.11 Å². The van der Waals surface area contributed by atoms with Crippen molar-refractivity contribution in [3.63, 3.8) is 0 Å². The van der Waals surface area contributed by atoms with E-state index in [4.69, 9.17) is 0 Å². The highest BCUT2D eigenvalue weighted by Crippen LogP contribution is 2.35. The number of nitro groups is 1. The monoisotopic (exact) mass is 225 g/mol. The number of rotatable bonds is 4. The van der Waals surface area contributed by atoms with Crippen LogP contribution in [0.25, 0.3) is 0 Å². The van der Waals surface area contributed by atoms with Crippen LogP contribution in [0.15, 0.2) is 0 Å². The number of aryl methyl sites for hydroxylation is 2. The molecular weight excluding hydrogens is 210 g/mol. The first kappa shape index (κ1) is 11.1. The van der Waals surface area contributed by atoms with Gasteiger partial charge in [-0.1, -0.05) is 0 Å². The first-order chi connectivity index (χ1) is 7.50. The smallest absolute Gasteiger partial charge is 0.313 e. The molecule has 1 aromatic rings. The summed E-state index contributed by atoms with van der Waals surface area (Å²) < 4.78 is 1.50. The fourth-order valence-electron chi connectivity index (χ4n) is 2.01. The molecule has 1 aliphatic carbocycles. The van der Waals surface area contributed by atoms with Crippen molar-refractivity contribution in [3.05, 3.63) is 21.5 Å². The molecule has 1 aromatic heterocycles. The van der Waals surface area contributed by atoms with Gasteiger partial charge in [0, 0.05) is 13.5 Å². The third-order valence-corrected chi connectivity index (χ3v) is 3.06. The summed E-state index contributed by atoms with van der Waals surface area (Å²) in [5.74, 6) is 0.315. The zero-order valence-electron chi connectivity index (χ0n) is 9.38. The Morgan fingerprint density at radius 1 is 1.69 bits per heavy atom. The lowest BCUT2D eigenvalue weighted by Crippen LogP contribution is -2.16. The van der Waals surface area contributed by atoms with Crippen LogP contribution < -0.4 is 0 Å². The van der Waals surface area contributed by atoms with Crippen molar-refractivity contribution in [2.24, 2.45) is 13.0 Å². The summed E-state index contributed by atoms with van der Waals surface area (Å²) >= 11 is 0. The molecule has 6 heteroatoms. The Labute approximate surface area is 93.0 Å². The molecule has 0 radical (unpaired) electrons. The third-order valence-electron chi connectivity index (χ3n) is 3.06. The number of hydrogen-bond acceptors (Lipinski definition) is 4. The molecule has 1 aliphatic rings. The summed E-state index contributed by atoms with van der Waals surface area (Å²) in [5, 5.41) is 24.7. The minimum atomic E-state index is -0.478. The van der Waals surface area contributed by atoms with Crippen molar-refractivity contribution in [3.8, 4) is 0 Å². The average Bonchev–Trinajstić information content (AvgIpc) is 2.95. The molecule has 1 N–H and O–H groups in total. The fourth-order valence-corrected chi connectivity index (χ4v) is 2.01. The van der Waals surface area contributed by atoms with Gasteiger partial charge in [0.05, 0.1) is 11.0 Å². The van der Waals surface area contributed by atoms with Gasteiger partial charge in [0.1, 0.15) is 11.4 Å². The molecule has 1 saturated carbocycles. The number of nitrogens with zero attached hydrogens (tertiary/aromatic N) is 3. The SMILES string of the molecule is Cc1nn(C)c(CC(O)C2CC2)c1[N+](=O)[O-]. The van der Waals surface area contributed by atoms with Crippen molar-refractivity contribution in [1.82, 2.24) is 9.78 Å². The lowest BCUT2D eigenvalue weighted by atomic mass is 10.1. The maximum absolute atomic E-state index is 10.9. The van der Waals surface area contributed by atoms with Gasteiger partial charge in [0.2, 0.25) is 0 Å². The molecule has 1 fully saturated rings. The quantitative estimate of drug-likeness (QED) is 0.611. The second-order valence-electron chi connectivity index (χ2n) is 4.37. The van der Waals surface area contributed by atoms with Crippen molar-refractivity contribution in [2.45, 2.75) is 32.3 Å². The topological polar surface area (TPSA) is 81.2 Å². The molecule has 1 unspecified atom stereocenters. The Hall–Kier alpha value is -1.43. The molecule has 0 spiro atoms. The fraction of sp³-hybridized carbons (Fsp3) is 0.700. The zero-order chi connectivity index (χ0) is 11.9. The summed E-state index contributed by atoms with van der Waals surface area (Å²) in [6.45, 7) is 1.62. The minimum absolute atomic E-state index is 0.0437. The molecule has 0 bridgehead atoms. The van der Waals surface area contributed by atoms with E-state index >= 15 is 0 Å². The van der Waals surface area contributed by atoms with Crippen LogP contribution in [0.3, 0.4) is 0 Å². The van der Waals surface area contributed by atoms with E-state index in [0.29, 0.717) is 23.7 Å². The van der Waals surface area contributed by atoms with Crippen LogP contribution in [0.4, 0.5) is 5.69 Å². The molecule has 6 nitrogen and oxygen atoms in total. The van der Waals surface area contributed by atoms with Crippen molar-refractivity contribution in [2.75, 3.05) is 0 Å². The normalized spacial score (nSPS) is 17.4. The predicted molar refractivity (Wildman–Crippen MR) is 57.0 cm³/mol. The Morgan fingerprint density at radius 3 is 2.81 bits per heavy atom. The van der Waals surface area contributed by atoms with E-state index in [1.54, 1.807) is 14.0 Å². The summed E-state index contributed by atoms with van der Waals surface area (Å²) in [6.07, 6.45) is 1.88. The lowest BCUT2D eigenvalue weighted by Gasteiger charge is -2.08. The van der Waals surface area contributed by atoms with E-state index in [9.17, 15) is 15.2 Å². The molecule has 2 rings (SSSR count). The minimum Gasteiger partial charge on any atom is -0.392 e. The van der Waals surface area contributed by atoms with E-state index < -0.39 is 11.0 Å². The molecule has 0 aliphatic heterocycles. The van der Waals surface area contributed by atoms with Crippen LogP contribution >= 0.6 is 0 Å². The highest BCUT2D eigenvalue weighted by atomic mass is 16.6. The number of hydrogen-bond donors (Lipinski definition) is 1. The van der Waals surface area contributed by atoms with Crippen molar-refractivity contribution in [1.29, 1.82) is 0 Å². The average molecular weight is 225 g/mol. The van der Waals surface area contributed by atoms with Gasteiger partial charge in [-0.3, -0.25) is 14.8 Å². The molecule has 0 aromatic carbocycles. The number of aliphatic hydroxyl groups is 1. The van der Waals surface area contributed by atoms with Crippen LogP contribution in [0, 0.1) is 23.0 Å². The highest BCUT2D eigenvalue weighted by Gasteiger charge is 2.33. The highest BCUT2D eigenvalue weighted by molar-refractivity contribution is 5.40. The molecule has 88 valence electrons. The van der Waals surface area contributed by atoms with Crippen LogP contribution in [-0.4, -0.2) is 25.9 Å². The van der Waals surface area contributed by atoms with Crippen molar-refractivity contribution >= 4 is 5.69 Å². The molecular formula is C10H15N3O3. The molecule has 0 amide bonds. The van der Waals surface area contributed by atoms with Crippen LogP contribution in [0.2, 0.25) is 0 Å². The molecule has 16 heavy (non-hydrogen) atoms. The van der Waals surface area contributed by atoms with Gasteiger partial charge in [-0.25, -0.2) is 0 Å². The van der Waals surface area contributed by atoms with E-state index in [-0.39, 0.29) is 5.69 Å². The third kappa shape index (κ3) is 1.92. The summed E-state index contributed by atoms with van der Waals surface area (Å²) in [6, 6.07) is 0. The van der Waals surface area contributed by atoms with Gasteiger partial charge in [-0.15, -0.1) is 0 Å². The van der Waals surface area contributed by atoms with Crippen LogP contribution in [0.1, 0.15) is 24.2 Å². The van der Waals surface area contributed by atoms with Gasteiger partial charge in [-0.05, 0) is 25.7 Å². The Kier molecular flexibility index (Phi) is 2.67. The van der Waals surface area contributed by atoms with Crippen LogP contribution in [-0.2, 0) is 13.5 Å². The second-order valence-corrected chi connectivity index (χ2v) is 4.37. The van der Waals surface area contributed by atoms with E-state index in [0.717, 1.165) is 12.8 Å². The molecule has 1 heterocycles. The number of aromatic nitrogens is 2. The van der Waals surface area contributed by atoms with E-state index in [1.807, 2.05) is 0 Å². The predicted octanol–water partition coefficient (Wildman–Crippen LogP) is 0.950. The van der Waals surface area contributed by atoms with Gasteiger partial charge in [0.25, 0.3) is 0 Å². The summed E-state index contributed by atoms with van der Waals surface area (Å²) in [7, 11) is 1.68. The largest absolute Gasteiger partial charge is 0.392 e. The first-order valence-corrected chi connectivity index (χ1v) is 5.35. The van der Waals surface area contributed by atoms with Crippen LogP contribution in [0.5, 0.6) is 0 Å². The summed E-state index contributed by atoms with van der Waals surface area (Å²) in [4.78, 5) is 10.5. The van der Waals surface area contributed by atoms with E-state index in [2.05, 4.69) is 5.10 Å². The van der Waals surface area contributed by atoms with Gasteiger partial charge in [-0.2, -0.15) is 5.10 Å². The van der Waals surface area contributed by atoms with Gasteiger partial charge >= 0.3 is 5.69 Å². The zero-order valence-corrected chi connectivity index (χ0v) is 9.38. The number of aliphatic hydroxyl groups excluding tert-OH is 1.